The van der Waals surface area contributed by atoms with Crippen LogP contribution in [0, 0.1) is 18.3 Å². The molecule has 1 N–H and O–H groups in total. The average molecular weight is 280 g/mol. The molecule has 3 aromatic rings. The molecule has 5 heteroatoms. The van der Waals surface area contributed by atoms with Crippen molar-refractivity contribution in [3.05, 3.63) is 51.8 Å². The van der Waals surface area contributed by atoms with Crippen LogP contribution in [0.1, 0.15) is 16.8 Å². The average Bonchev–Trinajstić information content (AvgIpc) is 2.90. The maximum Gasteiger partial charge on any atom is 0.186 e. The summed E-state index contributed by atoms with van der Waals surface area (Å²) in [5.41, 5.74) is 4.36. The van der Waals surface area contributed by atoms with E-state index in [0.29, 0.717) is 12.2 Å². The topological polar surface area (TPSA) is 61.6 Å². The monoisotopic (exact) mass is 280 g/mol. The third kappa shape index (κ3) is 2.22. The number of aromatic nitrogens is 2. The van der Waals surface area contributed by atoms with Crippen molar-refractivity contribution in [2.45, 2.75) is 13.5 Å². The van der Waals surface area contributed by atoms with Gasteiger partial charge in [-0.15, -0.1) is 10.2 Å². The van der Waals surface area contributed by atoms with Gasteiger partial charge in [0.1, 0.15) is 6.07 Å². The third-order valence-corrected chi connectivity index (χ3v) is 4.10. The van der Waals surface area contributed by atoms with E-state index < -0.39 is 0 Å². The van der Waals surface area contributed by atoms with E-state index >= 15 is 0 Å². The van der Waals surface area contributed by atoms with E-state index in [-0.39, 0.29) is 0 Å². The van der Waals surface area contributed by atoms with Crippen molar-refractivity contribution >= 4 is 27.9 Å². The van der Waals surface area contributed by atoms with Gasteiger partial charge in [-0.1, -0.05) is 18.2 Å². The molecule has 0 aliphatic rings. The molecule has 2 aromatic heterocycles. The Bertz CT molecular complexity index is 801. The van der Waals surface area contributed by atoms with E-state index in [4.69, 9.17) is 0 Å². The van der Waals surface area contributed by atoms with Crippen LogP contribution in [0.3, 0.4) is 0 Å². The summed E-state index contributed by atoms with van der Waals surface area (Å²) in [5.74, 6) is 0. The molecule has 0 saturated heterocycles. The van der Waals surface area contributed by atoms with Gasteiger partial charge in [-0.3, -0.25) is 0 Å². The Morgan fingerprint density at radius 3 is 2.85 bits per heavy atom. The molecule has 20 heavy (non-hydrogen) atoms. The van der Waals surface area contributed by atoms with E-state index in [9.17, 15) is 5.26 Å². The van der Waals surface area contributed by atoms with Gasteiger partial charge < -0.3 is 5.32 Å². The first-order valence-electron chi connectivity index (χ1n) is 6.20. The molecule has 0 unspecified atom stereocenters. The SMILES string of the molecule is Cc1cscc1CNc1c(C#N)nnc2ccccc12. The smallest absolute Gasteiger partial charge is 0.186 e. The number of nitrogens with one attached hydrogen (secondary N) is 1. The van der Waals surface area contributed by atoms with E-state index in [2.05, 4.69) is 39.3 Å². The second-order valence-electron chi connectivity index (χ2n) is 4.49. The molecule has 0 radical (unpaired) electrons. The van der Waals surface area contributed by atoms with Crippen molar-refractivity contribution in [1.29, 1.82) is 5.26 Å². The van der Waals surface area contributed by atoms with Crippen LogP contribution >= 0.6 is 11.3 Å². The van der Waals surface area contributed by atoms with Crippen molar-refractivity contribution in [2.24, 2.45) is 0 Å². The molecule has 0 fully saturated rings. The van der Waals surface area contributed by atoms with Crippen LogP contribution in [0.4, 0.5) is 5.69 Å². The number of hydrogen-bond donors (Lipinski definition) is 1. The Kier molecular flexibility index (Phi) is 3.32. The van der Waals surface area contributed by atoms with E-state index in [1.54, 1.807) is 11.3 Å². The molecule has 0 saturated carbocycles. The highest BCUT2D eigenvalue weighted by Gasteiger charge is 2.10. The maximum absolute atomic E-state index is 9.20. The van der Waals surface area contributed by atoms with Crippen LogP contribution in [-0.2, 0) is 6.54 Å². The van der Waals surface area contributed by atoms with Crippen LogP contribution in [0.15, 0.2) is 35.0 Å². The first-order valence-corrected chi connectivity index (χ1v) is 7.15. The Labute approximate surface area is 120 Å². The molecule has 2 heterocycles. The fourth-order valence-electron chi connectivity index (χ4n) is 2.06. The molecular weight excluding hydrogens is 268 g/mol. The lowest BCUT2D eigenvalue weighted by Gasteiger charge is -2.10. The number of rotatable bonds is 3. The first kappa shape index (κ1) is 12.6. The van der Waals surface area contributed by atoms with E-state index in [1.165, 1.54) is 11.1 Å². The lowest BCUT2D eigenvalue weighted by atomic mass is 10.1. The van der Waals surface area contributed by atoms with E-state index in [1.807, 2.05) is 24.3 Å². The molecule has 0 spiro atoms. The Morgan fingerprint density at radius 2 is 2.10 bits per heavy atom. The van der Waals surface area contributed by atoms with Gasteiger partial charge in [-0.25, -0.2) is 0 Å². The quantitative estimate of drug-likeness (QED) is 0.797. The van der Waals surface area contributed by atoms with Crippen molar-refractivity contribution in [3.8, 4) is 6.07 Å². The van der Waals surface area contributed by atoms with Crippen LogP contribution in [0.25, 0.3) is 10.9 Å². The summed E-state index contributed by atoms with van der Waals surface area (Å²) in [6.07, 6.45) is 0. The lowest BCUT2D eigenvalue weighted by Crippen LogP contribution is -2.04. The van der Waals surface area contributed by atoms with Gasteiger partial charge >= 0.3 is 0 Å². The van der Waals surface area contributed by atoms with Crippen molar-refractivity contribution in [2.75, 3.05) is 5.32 Å². The van der Waals surface area contributed by atoms with Crippen LogP contribution in [-0.4, -0.2) is 10.2 Å². The largest absolute Gasteiger partial charge is 0.378 e. The molecule has 0 aliphatic heterocycles. The second kappa shape index (κ2) is 5.27. The summed E-state index contributed by atoms with van der Waals surface area (Å²) in [4.78, 5) is 0. The van der Waals surface area contributed by atoms with E-state index in [0.717, 1.165) is 16.6 Å². The molecule has 98 valence electrons. The number of anilines is 1. The van der Waals surface area contributed by atoms with Crippen molar-refractivity contribution in [3.63, 3.8) is 0 Å². The Balaban J connectivity index is 2.01. The summed E-state index contributed by atoms with van der Waals surface area (Å²) in [6, 6.07) is 9.79. The molecule has 0 amide bonds. The van der Waals surface area contributed by atoms with Gasteiger partial charge in [0.05, 0.1) is 11.2 Å². The zero-order chi connectivity index (χ0) is 13.9. The van der Waals surface area contributed by atoms with Crippen molar-refractivity contribution < 1.29 is 0 Å². The zero-order valence-corrected chi connectivity index (χ0v) is 11.7. The molecule has 3 rings (SSSR count). The minimum absolute atomic E-state index is 0.330. The van der Waals surface area contributed by atoms with Gasteiger partial charge in [0.25, 0.3) is 0 Å². The third-order valence-electron chi connectivity index (χ3n) is 3.19. The lowest BCUT2D eigenvalue weighted by molar-refractivity contribution is 1.04. The fraction of sp³-hybridized carbons (Fsp3) is 0.133. The number of thiophene rings is 1. The predicted molar refractivity (Wildman–Crippen MR) is 80.6 cm³/mol. The minimum atomic E-state index is 0.330. The summed E-state index contributed by atoms with van der Waals surface area (Å²) in [7, 11) is 0. The number of benzene rings is 1. The summed E-state index contributed by atoms with van der Waals surface area (Å²) < 4.78 is 0. The fourth-order valence-corrected chi connectivity index (χ4v) is 2.92. The zero-order valence-electron chi connectivity index (χ0n) is 10.9. The van der Waals surface area contributed by atoms with Crippen LogP contribution in [0.5, 0.6) is 0 Å². The predicted octanol–water partition coefficient (Wildman–Crippen LogP) is 3.48. The highest BCUT2D eigenvalue weighted by molar-refractivity contribution is 7.08. The maximum atomic E-state index is 9.20. The summed E-state index contributed by atoms with van der Waals surface area (Å²) in [5, 5.41) is 25.7. The summed E-state index contributed by atoms with van der Waals surface area (Å²) >= 11 is 1.68. The highest BCUT2D eigenvalue weighted by atomic mass is 32.1. The number of nitriles is 1. The Hall–Kier alpha value is -2.45. The normalized spacial score (nSPS) is 10.4. The van der Waals surface area contributed by atoms with Crippen molar-refractivity contribution in [1.82, 2.24) is 10.2 Å². The Morgan fingerprint density at radius 1 is 1.25 bits per heavy atom. The molecule has 0 bridgehead atoms. The second-order valence-corrected chi connectivity index (χ2v) is 5.23. The molecular formula is C15H12N4S. The first-order chi connectivity index (χ1) is 9.79. The minimum Gasteiger partial charge on any atom is -0.378 e. The number of hydrogen-bond acceptors (Lipinski definition) is 5. The molecule has 4 nitrogen and oxygen atoms in total. The highest BCUT2D eigenvalue weighted by Crippen LogP contribution is 2.25. The van der Waals surface area contributed by atoms with Crippen LogP contribution < -0.4 is 5.32 Å². The molecule has 1 aromatic carbocycles. The molecule has 0 atom stereocenters. The van der Waals surface area contributed by atoms with Gasteiger partial charge in [-0.05, 0) is 34.9 Å². The number of nitrogens with zero attached hydrogens (tertiary/aromatic N) is 3. The standard InChI is InChI=1S/C15H12N4S/c1-10-8-20-9-11(10)7-17-15-12-4-2-3-5-13(12)18-19-14(15)6-16/h2-5,8-9H,7H2,1H3,(H,17,18). The summed E-state index contributed by atoms with van der Waals surface area (Å²) in [6.45, 7) is 2.77. The number of aryl methyl sites for hydroxylation is 1. The van der Waals surface area contributed by atoms with Gasteiger partial charge in [0.15, 0.2) is 5.69 Å². The van der Waals surface area contributed by atoms with Gasteiger partial charge in [-0.2, -0.15) is 16.6 Å². The van der Waals surface area contributed by atoms with Gasteiger partial charge in [0, 0.05) is 11.9 Å². The van der Waals surface area contributed by atoms with Gasteiger partial charge in [0.2, 0.25) is 0 Å². The number of fused-ring (bicyclic) bond motifs is 1. The molecule has 0 aliphatic carbocycles. The van der Waals surface area contributed by atoms with Crippen LogP contribution in [0.2, 0.25) is 0 Å².